The quantitative estimate of drug-likeness (QED) is 0.769. The SMILES string of the molecule is CCC(C)(C)CC(C)(NCc1ccc(OC)cc1)C(F)(F)F. The fourth-order valence-corrected chi connectivity index (χ4v) is 2.39. The average molecular weight is 317 g/mol. The lowest BCUT2D eigenvalue weighted by atomic mass is 9.77. The van der Waals surface area contributed by atoms with Crippen molar-refractivity contribution < 1.29 is 17.9 Å². The van der Waals surface area contributed by atoms with Crippen LogP contribution >= 0.6 is 0 Å². The van der Waals surface area contributed by atoms with Crippen molar-refractivity contribution in [1.82, 2.24) is 5.32 Å². The van der Waals surface area contributed by atoms with E-state index in [0.29, 0.717) is 12.2 Å². The first-order valence-electron chi connectivity index (χ1n) is 7.48. The Hall–Kier alpha value is -1.23. The van der Waals surface area contributed by atoms with Crippen molar-refractivity contribution in [3.05, 3.63) is 29.8 Å². The Balaban J connectivity index is 2.85. The fraction of sp³-hybridized carbons (Fsp3) is 0.647. The molecule has 0 aromatic heterocycles. The van der Waals surface area contributed by atoms with Crippen molar-refractivity contribution >= 4 is 0 Å². The summed E-state index contributed by atoms with van der Waals surface area (Å²) >= 11 is 0. The lowest BCUT2D eigenvalue weighted by Gasteiger charge is -2.39. The van der Waals surface area contributed by atoms with E-state index < -0.39 is 11.7 Å². The summed E-state index contributed by atoms with van der Waals surface area (Å²) in [7, 11) is 1.56. The molecule has 22 heavy (non-hydrogen) atoms. The van der Waals surface area contributed by atoms with Crippen LogP contribution in [0.15, 0.2) is 24.3 Å². The van der Waals surface area contributed by atoms with E-state index in [9.17, 15) is 13.2 Å². The van der Waals surface area contributed by atoms with Crippen LogP contribution in [-0.4, -0.2) is 18.8 Å². The third-order valence-electron chi connectivity index (χ3n) is 4.26. The predicted molar refractivity (Wildman–Crippen MR) is 83.0 cm³/mol. The van der Waals surface area contributed by atoms with Crippen molar-refractivity contribution in [1.29, 1.82) is 0 Å². The lowest BCUT2D eigenvalue weighted by Crippen LogP contribution is -2.56. The van der Waals surface area contributed by atoms with Crippen LogP contribution in [0.1, 0.15) is 46.1 Å². The van der Waals surface area contributed by atoms with Crippen molar-refractivity contribution in [2.75, 3.05) is 7.11 Å². The van der Waals surface area contributed by atoms with Gasteiger partial charge in [0, 0.05) is 6.54 Å². The number of nitrogens with one attached hydrogen (secondary N) is 1. The molecule has 1 rings (SSSR count). The van der Waals surface area contributed by atoms with Gasteiger partial charge in [-0.1, -0.05) is 39.3 Å². The average Bonchev–Trinajstić information content (AvgIpc) is 2.44. The molecular weight excluding hydrogens is 291 g/mol. The van der Waals surface area contributed by atoms with E-state index in [1.54, 1.807) is 31.4 Å². The zero-order valence-corrected chi connectivity index (χ0v) is 14.0. The van der Waals surface area contributed by atoms with Crippen LogP contribution in [0.2, 0.25) is 0 Å². The van der Waals surface area contributed by atoms with Crippen LogP contribution < -0.4 is 10.1 Å². The highest BCUT2D eigenvalue weighted by Gasteiger charge is 2.52. The number of hydrogen-bond donors (Lipinski definition) is 1. The second-order valence-corrected chi connectivity index (χ2v) is 6.73. The number of methoxy groups -OCH3 is 1. The molecule has 0 aliphatic rings. The fourth-order valence-electron chi connectivity index (χ4n) is 2.39. The maximum absolute atomic E-state index is 13.5. The monoisotopic (exact) mass is 317 g/mol. The highest BCUT2D eigenvalue weighted by atomic mass is 19.4. The Bertz CT molecular complexity index is 468. The van der Waals surface area contributed by atoms with E-state index in [1.165, 1.54) is 6.92 Å². The molecule has 0 radical (unpaired) electrons. The van der Waals surface area contributed by atoms with Crippen LogP contribution in [0, 0.1) is 5.41 Å². The van der Waals surface area contributed by atoms with Gasteiger partial charge >= 0.3 is 6.18 Å². The summed E-state index contributed by atoms with van der Waals surface area (Å²) in [6.07, 6.45) is -3.56. The summed E-state index contributed by atoms with van der Waals surface area (Å²) in [5.41, 5.74) is -1.49. The molecule has 0 bridgehead atoms. The number of ether oxygens (including phenoxy) is 1. The molecule has 1 unspecified atom stereocenters. The molecule has 0 aliphatic carbocycles. The summed E-state index contributed by atoms with van der Waals surface area (Å²) in [5, 5.41) is 2.71. The van der Waals surface area contributed by atoms with Crippen LogP contribution in [-0.2, 0) is 6.54 Å². The normalized spacial score (nSPS) is 15.5. The Morgan fingerprint density at radius 3 is 2.00 bits per heavy atom. The number of alkyl halides is 3. The molecule has 0 saturated heterocycles. The second kappa shape index (κ2) is 6.90. The Kier molecular flexibility index (Phi) is 5.90. The molecule has 0 fully saturated rings. The van der Waals surface area contributed by atoms with E-state index in [-0.39, 0.29) is 18.4 Å². The Morgan fingerprint density at radius 1 is 1.05 bits per heavy atom. The van der Waals surface area contributed by atoms with Gasteiger partial charge in [-0.2, -0.15) is 13.2 Å². The lowest BCUT2D eigenvalue weighted by molar-refractivity contribution is -0.200. The predicted octanol–water partition coefficient (Wildman–Crippen LogP) is 4.93. The first-order valence-corrected chi connectivity index (χ1v) is 7.48. The smallest absolute Gasteiger partial charge is 0.406 e. The van der Waals surface area contributed by atoms with Crippen LogP contribution in [0.5, 0.6) is 5.75 Å². The third-order valence-corrected chi connectivity index (χ3v) is 4.26. The molecule has 0 heterocycles. The zero-order chi connectivity index (χ0) is 17.0. The van der Waals surface area contributed by atoms with Crippen molar-refractivity contribution in [3.63, 3.8) is 0 Å². The standard InChI is InChI=1S/C17H26F3NO/c1-6-15(2,3)12-16(4,17(18,19)20)21-11-13-7-9-14(22-5)10-8-13/h7-10,21H,6,11-12H2,1-5H3. The molecule has 1 N–H and O–H groups in total. The first-order chi connectivity index (χ1) is 10.0. The minimum absolute atomic E-state index is 0.0379. The van der Waals surface area contributed by atoms with Gasteiger partial charge in [-0.05, 0) is 36.5 Å². The van der Waals surface area contributed by atoms with Gasteiger partial charge < -0.3 is 4.74 Å². The molecule has 0 saturated carbocycles. The first kappa shape index (κ1) is 18.8. The summed E-state index contributed by atoms with van der Waals surface area (Å²) in [4.78, 5) is 0. The largest absolute Gasteiger partial charge is 0.497 e. The molecule has 0 spiro atoms. The summed E-state index contributed by atoms with van der Waals surface area (Å²) in [6.45, 7) is 7.06. The van der Waals surface area contributed by atoms with Crippen LogP contribution in [0.4, 0.5) is 13.2 Å². The highest BCUT2D eigenvalue weighted by Crippen LogP contribution is 2.40. The maximum Gasteiger partial charge on any atom is 0.406 e. The molecule has 1 aromatic carbocycles. The van der Waals surface area contributed by atoms with Gasteiger partial charge in [0.25, 0.3) is 0 Å². The molecule has 0 aliphatic heterocycles. The second-order valence-electron chi connectivity index (χ2n) is 6.73. The van der Waals surface area contributed by atoms with Crippen LogP contribution in [0.3, 0.4) is 0 Å². The minimum Gasteiger partial charge on any atom is -0.497 e. The molecule has 126 valence electrons. The summed E-state index contributed by atoms with van der Waals surface area (Å²) in [6, 6.07) is 7.04. The van der Waals surface area contributed by atoms with E-state index in [2.05, 4.69) is 5.32 Å². The van der Waals surface area contributed by atoms with Gasteiger partial charge in [0.15, 0.2) is 0 Å². The zero-order valence-electron chi connectivity index (χ0n) is 14.0. The van der Waals surface area contributed by atoms with E-state index in [1.807, 2.05) is 20.8 Å². The minimum atomic E-state index is -4.30. The van der Waals surface area contributed by atoms with Gasteiger partial charge in [0.2, 0.25) is 0 Å². The van der Waals surface area contributed by atoms with Crippen LogP contribution in [0.25, 0.3) is 0 Å². The topological polar surface area (TPSA) is 21.3 Å². The number of hydrogen-bond acceptors (Lipinski definition) is 2. The summed E-state index contributed by atoms with van der Waals surface area (Å²) < 4.78 is 45.6. The van der Waals surface area contributed by atoms with Crippen molar-refractivity contribution in [2.45, 2.75) is 58.8 Å². The Morgan fingerprint density at radius 2 is 1.59 bits per heavy atom. The van der Waals surface area contributed by atoms with Gasteiger partial charge in [0.1, 0.15) is 11.3 Å². The molecule has 1 aromatic rings. The Labute approximate surface area is 131 Å². The van der Waals surface area contributed by atoms with E-state index in [4.69, 9.17) is 4.74 Å². The van der Waals surface area contributed by atoms with Crippen molar-refractivity contribution in [3.8, 4) is 5.75 Å². The number of rotatable bonds is 7. The number of benzene rings is 1. The van der Waals surface area contributed by atoms with Crippen molar-refractivity contribution in [2.24, 2.45) is 5.41 Å². The number of halogens is 3. The van der Waals surface area contributed by atoms with E-state index in [0.717, 1.165) is 5.56 Å². The maximum atomic E-state index is 13.5. The molecule has 0 amide bonds. The molecular formula is C17H26F3NO. The highest BCUT2D eigenvalue weighted by molar-refractivity contribution is 5.27. The molecule has 1 atom stereocenters. The van der Waals surface area contributed by atoms with Gasteiger partial charge in [-0.15, -0.1) is 0 Å². The summed E-state index contributed by atoms with van der Waals surface area (Å²) in [5.74, 6) is 0.689. The molecule has 5 heteroatoms. The van der Waals surface area contributed by atoms with E-state index >= 15 is 0 Å². The van der Waals surface area contributed by atoms with Gasteiger partial charge in [-0.3, -0.25) is 5.32 Å². The van der Waals surface area contributed by atoms with Gasteiger partial charge in [-0.25, -0.2) is 0 Å². The molecule has 2 nitrogen and oxygen atoms in total. The third kappa shape index (κ3) is 4.90. The van der Waals surface area contributed by atoms with Gasteiger partial charge in [0.05, 0.1) is 7.11 Å².